The predicted molar refractivity (Wildman–Crippen MR) is 69.8 cm³/mol. The number of nitrogens with zero attached hydrogens (tertiary/aromatic N) is 1. The monoisotopic (exact) mass is 249 g/mol. The molecule has 1 aromatic heterocycles. The molecule has 4 nitrogen and oxygen atoms in total. The molecule has 0 radical (unpaired) electrons. The fourth-order valence-corrected chi connectivity index (χ4v) is 2.07. The molecule has 1 saturated carbocycles. The van der Waals surface area contributed by atoms with Crippen LogP contribution in [0.5, 0.6) is 0 Å². The first kappa shape index (κ1) is 12.0. The number of carbonyl (C=O) groups excluding carboxylic acids is 1. The minimum atomic E-state index is -0.128. The highest BCUT2D eigenvalue weighted by molar-refractivity contribution is 7.80. The van der Waals surface area contributed by atoms with Crippen molar-refractivity contribution in [3.8, 4) is 0 Å². The third-order valence-corrected chi connectivity index (χ3v) is 3.23. The fraction of sp³-hybridized carbons (Fsp3) is 0.417. The number of thiocarbonyl (C=S) groups is 1. The van der Waals surface area contributed by atoms with Crippen molar-refractivity contribution in [3.05, 3.63) is 29.6 Å². The summed E-state index contributed by atoms with van der Waals surface area (Å²) in [4.78, 5) is 16.1. The van der Waals surface area contributed by atoms with Crippen molar-refractivity contribution in [2.75, 3.05) is 0 Å². The summed E-state index contributed by atoms with van der Waals surface area (Å²) in [5.74, 6) is 0.585. The van der Waals surface area contributed by atoms with E-state index in [0.717, 1.165) is 12.8 Å². The normalized spacial score (nSPS) is 22.6. The van der Waals surface area contributed by atoms with E-state index < -0.39 is 0 Å². The summed E-state index contributed by atoms with van der Waals surface area (Å²) in [6.45, 7) is 2.18. The van der Waals surface area contributed by atoms with Gasteiger partial charge in [-0.25, -0.2) is 0 Å². The van der Waals surface area contributed by atoms with Crippen LogP contribution in [-0.4, -0.2) is 21.9 Å². The number of hydrogen-bond acceptors (Lipinski definition) is 3. The van der Waals surface area contributed by atoms with Gasteiger partial charge >= 0.3 is 0 Å². The van der Waals surface area contributed by atoms with Gasteiger partial charge in [0.2, 0.25) is 0 Å². The summed E-state index contributed by atoms with van der Waals surface area (Å²) in [7, 11) is 0. The summed E-state index contributed by atoms with van der Waals surface area (Å²) in [5.41, 5.74) is 6.54. The Kier molecular flexibility index (Phi) is 3.38. The van der Waals surface area contributed by atoms with E-state index in [9.17, 15) is 4.79 Å². The number of nitrogens with two attached hydrogens (primary N) is 1. The van der Waals surface area contributed by atoms with Gasteiger partial charge in [-0.2, -0.15) is 0 Å². The average Bonchev–Trinajstić information content (AvgIpc) is 2.27. The Morgan fingerprint density at radius 1 is 1.53 bits per heavy atom. The highest BCUT2D eigenvalue weighted by Gasteiger charge is 2.27. The van der Waals surface area contributed by atoms with Gasteiger partial charge in [-0.3, -0.25) is 9.78 Å². The molecule has 0 atom stereocenters. The second-order valence-electron chi connectivity index (χ2n) is 4.54. The van der Waals surface area contributed by atoms with Crippen LogP contribution in [0.3, 0.4) is 0 Å². The van der Waals surface area contributed by atoms with E-state index in [0.29, 0.717) is 23.2 Å². The maximum atomic E-state index is 11.8. The van der Waals surface area contributed by atoms with Crippen LogP contribution in [0.1, 0.15) is 35.8 Å². The van der Waals surface area contributed by atoms with Crippen LogP contribution in [0, 0.1) is 5.92 Å². The number of aromatic nitrogens is 1. The Bertz CT molecular complexity index is 438. The molecule has 0 aromatic carbocycles. The van der Waals surface area contributed by atoms with Gasteiger partial charge in [0.15, 0.2) is 0 Å². The zero-order valence-electron chi connectivity index (χ0n) is 9.64. The number of amides is 1. The van der Waals surface area contributed by atoms with Crippen LogP contribution in [0.25, 0.3) is 0 Å². The third-order valence-electron chi connectivity index (χ3n) is 2.99. The molecule has 1 heterocycles. The quantitative estimate of drug-likeness (QED) is 0.791. The molecule has 0 unspecified atom stereocenters. The molecule has 1 aliphatic rings. The lowest BCUT2D eigenvalue weighted by atomic mass is 9.82. The summed E-state index contributed by atoms with van der Waals surface area (Å²) < 4.78 is 0. The van der Waals surface area contributed by atoms with Gasteiger partial charge in [0.25, 0.3) is 5.91 Å². The molecule has 0 saturated heterocycles. The first-order valence-electron chi connectivity index (χ1n) is 5.63. The molecule has 5 heteroatoms. The average molecular weight is 249 g/mol. The van der Waals surface area contributed by atoms with Gasteiger partial charge in [-0.05, 0) is 30.9 Å². The zero-order chi connectivity index (χ0) is 12.4. The Morgan fingerprint density at radius 2 is 2.24 bits per heavy atom. The molecule has 1 amide bonds. The topological polar surface area (TPSA) is 68.0 Å². The number of hydrogen-bond donors (Lipinski definition) is 2. The van der Waals surface area contributed by atoms with Crippen molar-refractivity contribution >= 4 is 23.1 Å². The number of rotatable bonds is 3. The van der Waals surface area contributed by atoms with E-state index in [1.807, 2.05) is 0 Å². The molecule has 1 fully saturated rings. The fourth-order valence-electron chi connectivity index (χ4n) is 1.95. The van der Waals surface area contributed by atoms with Gasteiger partial charge in [0, 0.05) is 17.8 Å². The maximum absolute atomic E-state index is 11.8. The number of carbonyl (C=O) groups is 1. The smallest absolute Gasteiger partial charge is 0.270 e. The standard InChI is InChI=1S/C12H15N3OS/c1-7-4-9(5-7)15-12(16)10-3-2-8(6-14-10)11(13)17/h2-3,6-7,9H,4-5H2,1H3,(H2,13,17)(H,15,16). The lowest BCUT2D eigenvalue weighted by Gasteiger charge is -2.33. The van der Waals surface area contributed by atoms with Crippen LogP contribution in [-0.2, 0) is 0 Å². The lowest BCUT2D eigenvalue weighted by Crippen LogP contribution is -2.43. The second-order valence-corrected chi connectivity index (χ2v) is 4.98. The van der Waals surface area contributed by atoms with Gasteiger partial charge < -0.3 is 11.1 Å². The number of pyridine rings is 1. The molecular weight excluding hydrogens is 234 g/mol. The van der Waals surface area contributed by atoms with E-state index in [-0.39, 0.29) is 10.9 Å². The first-order chi connectivity index (χ1) is 8.06. The van der Waals surface area contributed by atoms with Gasteiger partial charge in [0.05, 0.1) is 0 Å². The largest absolute Gasteiger partial charge is 0.389 e. The van der Waals surface area contributed by atoms with E-state index in [1.165, 1.54) is 6.20 Å². The summed E-state index contributed by atoms with van der Waals surface area (Å²) >= 11 is 4.82. The Morgan fingerprint density at radius 3 is 2.71 bits per heavy atom. The molecule has 1 aromatic rings. The highest BCUT2D eigenvalue weighted by atomic mass is 32.1. The van der Waals surface area contributed by atoms with Crippen LogP contribution >= 0.6 is 12.2 Å². The second kappa shape index (κ2) is 4.79. The van der Waals surface area contributed by atoms with Crippen molar-refractivity contribution in [2.24, 2.45) is 11.7 Å². The van der Waals surface area contributed by atoms with Crippen LogP contribution in [0.15, 0.2) is 18.3 Å². The minimum Gasteiger partial charge on any atom is -0.389 e. The maximum Gasteiger partial charge on any atom is 0.270 e. The molecule has 17 heavy (non-hydrogen) atoms. The lowest BCUT2D eigenvalue weighted by molar-refractivity contribution is 0.0891. The highest BCUT2D eigenvalue weighted by Crippen LogP contribution is 2.26. The van der Waals surface area contributed by atoms with E-state index >= 15 is 0 Å². The first-order valence-corrected chi connectivity index (χ1v) is 6.04. The van der Waals surface area contributed by atoms with E-state index in [1.54, 1.807) is 12.1 Å². The Labute approximate surface area is 106 Å². The SMILES string of the molecule is CC1CC(NC(=O)c2ccc(C(N)=S)cn2)C1. The molecule has 0 spiro atoms. The molecular formula is C12H15N3OS. The van der Waals surface area contributed by atoms with Crippen LogP contribution in [0.4, 0.5) is 0 Å². The predicted octanol–water partition coefficient (Wildman–Crippen LogP) is 1.24. The van der Waals surface area contributed by atoms with Gasteiger partial charge in [0.1, 0.15) is 10.7 Å². The van der Waals surface area contributed by atoms with Gasteiger partial charge in [-0.15, -0.1) is 0 Å². The molecule has 90 valence electrons. The summed E-state index contributed by atoms with van der Waals surface area (Å²) in [6.07, 6.45) is 3.63. The van der Waals surface area contributed by atoms with Crippen molar-refractivity contribution in [1.29, 1.82) is 0 Å². The van der Waals surface area contributed by atoms with E-state index in [4.69, 9.17) is 18.0 Å². The van der Waals surface area contributed by atoms with Crippen LogP contribution in [0.2, 0.25) is 0 Å². The van der Waals surface area contributed by atoms with Gasteiger partial charge in [-0.1, -0.05) is 19.1 Å². The molecule has 2 rings (SSSR count). The van der Waals surface area contributed by atoms with Crippen molar-refractivity contribution in [2.45, 2.75) is 25.8 Å². The van der Waals surface area contributed by atoms with Crippen LogP contribution < -0.4 is 11.1 Å². The third kappa shape index (κ3) is 2.79. The minimum absolute atomic E-state index is 0.128. The summed E-state index contributed by atoms with van der Waals surface area (Å²) in [5, 5.41) is 2.95. The Hall–Kier alpha value is -1.49. The zero-order valence-corrected chi connectivity index (χ0v) is 10.5. The van der Waals surface area contributed by atoms with Crippen molar-refractivity contribution in [3.63, 3.8) is 0 Å². The van der Waals surface area contributed by atoms with Crippen molar-refractivity contribution < 1.29 is 4.79 Å². The summed E-state index contributed by atoms with van der Waals surface area (Å²) in [6, 6.07) is 3.66. The molecule has 1 aliphatic carbocycles. The Balaban J connectivity index is 1.97. The molecule has 0 aliphatic heterocycles. The molecule has 0 bridgehead atoms. The molecule has 3 N–H and O–H groups in total. The number of nitrogens with one attached hydrogen (secondary N) is 1. The van der Waals surface area contributed by atoms with Crippen molar-refractivity contribution in [1.82, 2.24) is 10.3 Å². The van der Waals surface area contributed by atoms with E-state index in [2.05, 4.69) is 17.2 Å².